The van der Waals surface area contributed by atoms with Gasteiger partial charge in [0.25, 0.3) is 0 Å². The summed E-state index contributed by atoms with van der Waals surface area (Å²) < 4.78 is 5.35. The van der Waals surface area contributed by atoms with Gasteiger partial charge in [-0.1, -0.05) is 0 Å². The fourth-order valence-electron chi connectivity index (χ4n) is 4.66. The Bertz CT molecular complexity index is 752. The van der Waals surface area contributed by atoms with Gasteiger partial charge in [-0.2, -0.15) is 0 Å². The van der Waals surface area contributed by atoms with Crippen LogP contribution in [0.25, 0.3) is 0 Å². The van der Waals surface area contributed by atoms with Crippen molar-refractivity contribution in [3.8, 4) is 0 Å². The van der Waals surface area contributed by atoms with Gasteiger partial charge in [0.05, 0.1) is 0 Å². The summed E-state index contributed by atoms with van der Waals surface area (Å²) in [5, 5.41) is 0. The van der Waals surface area contributed by atoms with E-state index in [9.17, 15) is 4.79 Å². The molecule has 0 spiro atoms. The standard InChI is InChI=1S/C16H16NO.3C4H9.Sn/c1-13-8-6-7-11-15(13)16(18)17(2)12-14-9-4-3-5-10-14;3*1-3-4-2;/h3-11H,2,12H2,1H3;3*1,3-4H2,2H3;. The fraction of sp³-hybridized carbons (Fsp3) is 0.536. The van der Waals surface area contributed by atoms with Crippen LogP contribution >= 0.6 is 0 Å². The Balaban J connectivity index is 2.39. The van der Waals surface area contributed by atoms with E-state index in [0.29, 0.717) is 0 Å². The Kier molecular flexibility index (Phi) is 11.7. The first-order valence-electron chi connectivity index (χ1n) is 12.4. The molecule has 0 fully saturated rings. The number of benzene rings is 2. The summed E-state index contributed by atoms with van der Waals surface area (Å²) in [6.45, 7) is 9.75. The van der Waals surface area contributed by atoms with Gasteiger partial charge in [0.1, 0.15) is 0 Å². The van der Waals surface area contributed by atoms with E-state index in [1.165, 1.54) is 57.4 Å². The number of rotatable bonds is 14. The van der Waals surface area contributed by atoms with Gasteiger partial charge in [0.2, 0.25) is 0 Å². The van der Waals surface area contributed by atoms with E-state index in [-0.39, 0.29) is 5.91 Å². The van der Waals surface area contributed by atoms with Crippen molar-refractivity contribution >= 4 is 24.3 Å². The Labute approximate surface area is 195 Å². The number of nitrogens with zero attached hydrogens (tertiary/aromatic N) is 1. The van der Waals surface area contributed by atoms with Crippen molar-refractivity contribution in [1.29, 1.82) is 0 Å². The van der Waals surface area contributed by atoms with Gasteiger partial charge in [-0.25, -0.2) is 0 Å². The summed E-state index contributed by atoms with van der Waals surface area (Å²) in [5.74, 6) is 0.229. The van der Waals surface area contributed by atoms with Crippen molar-refractivity contribution in [2.45, 2.75) is 86.1 Å². The number of carbonyl (C=O) groups is 1. The first kappa shape index (κ1) is 26.0. The van der Waals surface area contributed by atoms with Gasteiger partial charge in [-0.15, -0.1) is 0 Å². The zero-order chi connectivity index (χ0) is 22.5. The van der Waals surface area contributed by atoms with Crippen LogP contribution < -0.4 is 0 Å². The van der Waals surface area contributed by atoms with E-state index in [1.54, 1.807) is 0 Å². The van der Waals surface area contributed by atoms with Crippen molar-refractivity contribution in [2.75, 3.05) is 4.56 Å². The molecule has 0 saturated heterocycles. The van der Waals surface area contributed by atoms with Crippen molar-refractivity contribution in [3.63, 3.8) is 0 Å². The van der Waals surface area contributed by atoms with Gasteiger partial charge < -0.3 is 0 Å². The predicted octanol–water partition coefficient (Wildman–Crippen LogP) is 8.03. The van der Waals surface area contributed by atoms with Crippen LogP contribution in [0.4, 0.5) is 0 Å². The molecule has 170 valence electrons. The molecule has 3 heteroatoms. The van der Waals surface area contributed by atoms with Crippen molar-refractivity contribution in [3.05, 3.63) is 71.3 Å². The molecule has 2 rings (SSSR count). The molecular formula is C28H43NOSn. The van der Waals surface area contributed by atoms with Gasteiger partial charge >= 0.3 is 196 Å². The number of aryl methyl sites for hydroxylation is 1. The molecule has 0 unspecified atom stereocenters. The monoisotopic (exact) mass is 529 g/mol. The molecule has 0 radical (unpaired) electrons. The Morgan fingerprint density at radius 1 is 0.774 bits per heavy atom. The average molecular weight is 528 g/mol. The normalized spacial score (nSPS) is 11.5. The van der Waals surface area contributed by atoms with Crippen LogP contribution in [0, 0.1) is 6.92 Å². The van der Waals surface area contributed by atoms with E-state index < -0.39 is 18.4 Å². The maximum atomic E-state index is 13.8. The van der Waals surface area contributed by atoms with E-state index >= 15 is 0 Å². The first-order valence-corrected chi connectivity index (χ1v) is 20.5. The molecule has 31 heavy (non-hydrogen) atoms. The molecule has 1 amide bonds. The second kappa shape index (κ2) is 14.0. The van der Waals surface area contributed by atoms with E-state index in [0.717, 1.165) is 22.2 Å². The molecule has 0 saturated carbocycles. The van der Waals surface area contributed by atoms with E-state index in [2.05, 4.69) is 69.0 Å². The zero-order valence-electron chi connectivity index (χ0n) is 20.3. The quantitative estimate of drug-likeness (QED) is 0.228. The zero-order valence-corrected chi connectivity index (χ0v) is 23.2. The summed E-state index contributed by atoms with van der Waals surface area (Å²) in [4.78, 5) is 16.1. The van der Waals surface area contributed by atoms with Crippen LogP contribution in [-0.2, 0) is 6.54 Å². The summed E-state index contributed by atoms with van der Waals surface area (Å²) in [6, 6.07) is 18.7. The minimum atomic E-state index is -2.51. The fourth-order valence-corrected chi connectivity index (χ4v) is 20.6. The Morgan fingerprint density at radius 3 is 1.81 bits per heavy atom. The molecule has 0 aromatic heterocycles. The predicted molar refractivity (Wildman–Crippen MR) is 137 cm³/mol. The van der Waals surface area contributed by atoms with E-state index in [4.69, 9.17) is 0 Å². The summed E-state index contributed by atoms with van der Waals surface area (Å²) >= 11 is -2.51. The molecule has 0 atom stereocenters. The molecule has 0 aliphatic carbocycles. The van der Waals surface area contributed by atoms with Gasteiger partial charge in [0.15, 0.2) is 0 Å². The second-order valence-corrected chi connectivity index (χ2v) is 23.0. The van der Waals surface area contributed by atoms with Crippen LogP contribution in [0.1, 0.15) is 80.8 Å². The van der Waals surface area contributed by atoms with Crippen LogP contribution in [0.5, 0.6) is 0 Å². The number of carbonyl (C=O) groups excluding carboxylic acids is 1. The molecule has 0 aliphatic heterocycles. The topological polar surface area (TPSA) is 20.3 Å². The van der Waals surface area contributed by atoms with Gasteiger partial charge in [0, 0.05) is 0 Å². The van der Waals surface area contributed by atoms with Crippen LogP contribution in [0.3, 0.4) is 0 Å². The molecule has 0 heterocycles. The number of unbranched alkanes of at least 4 members (excludes halogenated alkanes) is 3. The first-order chi connectivity index (χ1) is 15.0. The van der Waals surface area contributed by atoms with E-state index in [1.807, 2.05) is 18.2 Å². The molecule has 0 bridgehead atoms. The summed E-state index contributed by atoms with van der Waals surface area (Å²) in [5.41, 5.74) is 3.20. The summed E-state index contributed by atoms with van der Waals surface area (Å²) in [7, 11) is 0. The summed E-state index contributed by atoms with van der Waals surface area (Å²) in [6.07, 6.45) is 7.80. The van der Waals surface area contributed by atoms with Gasteiger partial charge in [-0.3, -0.25) is 0 Å². The Morgan fingerprint density at radius 2 is 1.29 bits per heavy atom. The maximum absolute atomic E-state index is 13.8. The van der Waals surface area contributed by atoms with Crippen LogP contribution in [-0.4, -0.2) is 33.7 Å². The average Bonchev–Trinajstić information content (AvgIpc) is 2.80. The minimum absolute atomic E-state index is 0.229. The Hall–Kier alpha value is -1.29. The third kappa shape index (κ3) is 8.29. The van der Waals surface area contributed by atoms with Crippen molar-refractivity contribution in [1.82, 2.24) is 4.90 Å². The molecule has 2 aromatic carbocycles. The third-order valence-corrected chi connectivity index (χ3v) is 21.7. The van der Waals surface area contributed by atoms with Crippen molar-refractivity contribution in [2.24, 2.45) is 0 Å². The van der Waals surface area contributed by atoms with Gasteiger partial charge in [-0.05, 0) is 0 Å². The second-order valence-electron chi connectivity index (χ2n) is 9.27. The third-order valence-electron chi connectivity index (χ3n) is 6.59. The molecule has 2 aromatic rings. The molecule has 2 nitrogen and oxygen atoms in total. The molecule has 0 N–H and O–H groups in total. The molecule has 0 aliphatic rings. The number of amides is 1. The van der Waals surface area contributed by atoms with Crippen LogP contribution in [0.2, 0.25) is 13.3 Å². The SMILES string of the molecule is CCC[CH2][Sn]([CH2]CCC)([CH2]CCC)[CH2]N(Cc1ccccc1)C(=O)c1ccccc1C. The molecular weight excluding hydrogens is 485 g/mol. The number of hydrogen-bond acceptors (Lipinski definition) is 1. The van der Waals surface area contributed by atoms with Crippen molar-refractivity contribution < 1.29 is 4.79 Å². The number of hydrogen-bond donors (Lipinski definition) is 0. The van der Waals surface area contributed by atoms with Crippen LogP contribution in [0.15, 0.2) is 54.6 Å².